The topological polar surface area (TPSA) is 133 Å². The minimum absolute atomic E-state index is 0.0219. The number of carboxylic acid groups (broad SMARTS) is 2. The molecule has 4 aromatic carbocycles. The second-order valence-corrected chi connectivity index (χ2v) is 8.07. The number of carboxylic acids is 2. The van der Waals surface area contributed by atoms with Gasteiger partial charge in [0.1, 0.15) is 0 Å². The van der Waals surface area contributed by atoms with Crippen LogP contribution in [0.4, 0.5) is 22.7 Å². The Morgan fingerprint density at radius 1 is 0.500 bits per heavy atom. The fourth-order valence-corrected chi connectivity index (χ4v) is 4.30. The molecule has 0 aromatic heterocycles. The van der Waals surface area contributed by atoms with E-state index < -0.39 is 23.5 Å². The Bertz CT molecular complexity index is 1470. The quantitative estimate of drug-likeness (QED) is 0.257. The number of hydrogen-bond acceptors (Lipinski definition) is 6. The molecule has 176 valence electrons. The highest BCUT2D eigenvalue weighted by molar-refractivity contribution is 6.32. The van der Waals surface area contributed by atoms with Crippen LogP contribution < -0.4 is 10.6 Å². The van der Waals surface area contributed by atoms with Crippen molar-refractivity contribution in [3.63, 3.8) is 0 Å². The largest absolute Gasteiger partial charge is 0.478 e. The molecule has 0 bridgehead atoms. The number of hydrogen-bond donors (Lipinski definition) is 4. The van der Waals surface area contributed by atoms with Gasteiger partial charge in [-0.25, -0.2) is 9.59 Å². The molecule has 4 N–H and O–H groups in total. The predicted octanol–water partition coefficient (Wildman–Crippen LogP) is 5.35. The summed E-state index contributed by atoms with van der Waals surface area (Å²) >= 11 is 0. The van der Waals surface area contributed by atoms with E-state index in [9.17, 15) is 29.4 Å². The van der Waals surface area contributed by atoms with Gasteiger partial charge in [0.25, 0.3) is 0 Å². The van der Waals surface area contributed by atoms with E-state index in [2.05, 4.69) is 10.6 Å². The van der Waals surface area contributed by atoms with Crippen LogP contribution in [-0.2, 0) is 0 Å². The molecule has 0 radical (unpaired) electrons. The summed E-state index contributed by atoms with van der Waals surface area (Å²) in [5, 5.41) is 25.0. The average Bonchev–Trinajstić information content (AvgIpc) is 2.87. The fourth-order valence-electron chi connectivity index (χ4n) is 4.30. The summed E-state index contributed by atoms with van der Waals surface area (Å²) in [4.78, 5) is 50.5. The molecule has 0 aliphatic heterocycles. The Hall–Kier alpha value is -5.24. The van der Waals surface area contributed by atoms with Crippen LogP contribution in [0, 0.1) is 0 Å². The molecule has 8 nitrogen and oxygen atoms in total. The zero-order valence-electron chi connectivity index (χ0n) is 18.6. The van der Waals surface area contributed by atoms with Crippen LogP contribution in [0.5, 0.6) is 0 Å². The van der Waals surface area contributed by atoms with E-state index >= 15 is 0 Å². The number of carbonyl (C=O) groups is 4. The maximum absolute atomic E-state index is 13.6. The molecule has 1 aliphatic carbocycles. The van der Waals surface area contributed by atoms with Crippen molar-refractivity contribution >= 4 is 46.3 Å². The normalized spacial score (nSPS) is 11.9. The first-order chi connectivity index (χ1) is 17.4. The van der Waals surface area contributed by atoms with Gasteiger partial charge in [0, 0.05) is 11.1 Å². The summed E-state index contributed by atoms with van der Waals surface area (Å²) in [5.74, 6) is -3.09. The minimum Gasteiger partial charge on any atom is -0.478 e. The second-order valence-electron chi connectivity index (χ2n) is 8.07. The molecule has 8 heteroatoms. The molecule has 0 heterocycles. The Balaban J connectivity index is 1.59. The highest BCUT2D eigenvalue weighted by Crippen LogP contribution is 2.37. The molecule has 1 aliphatic rings. The summed E-state index contributed by atoms with van der Waals surface area (Å²) in [6.07, 6.45) is 0. The lowest BCUT2D eigenvalue weighted by molar-refractivity contribution is 0.0687. The van der Waals surface area contributed by atoms with Gasteiger partial charge in [0.15, 0.2) is 11.6 Å². The van der Waals surface area contributed by atoms with Crippen LogP contribution in [-0.4, -0.2) is 33.7 Å². The van der Waals surface area contributed by atoms with Crippen molar-refractivity contribution in [1.82, 2.24) is 0 Å². The van der Waals surface area contributed by atoms with Crippen LogP contribution in [0.2, 0.25) is 0 Å². The third kappa shape index (κ3) is 3.76. The number of benzene rings is 4. The molecule has 0 saturated heterocycles. The maximum Gasteiger partial charge on any atom is 0.337 e. The molecule has 0 spiro atoms. The number of fused-ring (bicyclic) bond motifs is 2. The number of rotatable bonds is 6. The van der Waals surface area contributed by atoms with E-state index in [0.717, 1.165) is 0 Å². The Labute approximate surface area is 204 Å². The van der Waals surface area contributed by atoms with E-state index in [1.165, 1.54) is 24.3 Å². The van der Waals surface area contributed by atoms with Gasteiger partial charge in [-0.3, -0.25) is 9.59 Å². The zero-order valence-corrected chi connectivity index (χ0v) is 18.6. The standard InChI is InChI=1S/C28H18N2O6/c31-25-18-10-6-14-22(30-20-12-4-2-8-16(20)28(35)36)24(18)26(32)17-9-5-13-21(23(17)25)29-19-11-3-1-7-15(19)27(33)34/h1-14,29-30H,(H,33,34)(H,35,36). The molecule has 0 amide bonds. The number of anilines is 4. The summed E-state index contributed by atoms with van der Waals surface area (Å²) in [6.45, 7) is 0. The van der Waals surface area contributed by atoms with E-state index in [-0.39, 0.29) is 44.8 Å². The van der Waals surface area contributed by atoms with Crippen molar-refractivity contribution < 1.29 is 29.4 Å². The van der Waals surface area contributed by atoms with Crippen molar-refractivity contribution in [2.45, 2.75) is 0 Å². The minimum atomic E-state index is -1.13. The molecule has 0 fully saturated rings. The van der Waals surface area contributed by atoms with Crippen LogP contribution in [0.15, 0.2) is 84.9 Å². The first-order valence-corrected chi connectivity index (χ1v) is 10.9. The lowest BCUT2D eigenvalue weighted by atomic mass is 9.82. The average molecular weight is 478 g/mol. The highest BCUT2D eigenvalue weighted by atomic mass is 16.4. The van der Waals surface area contributed by atoms with Crippen molar-refractivity contribution in [2.75, 3.05) is 10.6 Å². The number of nitrogens with one attached hydrogen (secondary N) is 2. The van der Waals surface area contributed by atoms with Gasteiger partial charge in [-0.1, -0.05) is 48.5 Å². The van der Waals surface area contributed by atoms with E-state index in [0.29, 0.717) is 11.4 Å². The molecule has 0 atom stereocenters. The number of aromatic carboxylic acids is 2. The van der Waals surface area contributed by atoms with Gasteiger partial charge in [-0.15, -0.1) is 0 Å². The third-order valence-corrected chi connectivity index (χ3v) is 5.93. The molecular weight excluding hydrogens is 460 g/mol. The van der Waals surface area contributed by atoms with Gasteiger partial charge < -0.3 is 20.8 Å². The summed E-state index contributed by atoms with van der Waals surface area (Å²) in [7, 11) is 0. The SMILES string of the molecule is O=C(O)c1ccccc1Nc1cccc2c1C(=O)c1cccc(Nc3ccccc3C(=O)O)c1C2=O. The summed E-state index contributed by atoms with van der Waals surface area (Å²) in [5.41, 5.74) is 1.81. The van der Waals surface area contributed by atoms with Gasteiger partial charge in [0.2, 0.25) is 0 Å². The molecule has 0 unspecified atom stereocenters. The zero-order chi connectivity index (χ0) is 25.4. The number of para-hydroxylation sites is 2. The van der Waals surface area contributed by atoms with Crippen molar-refractivity contribution in [3.05, 3.63) is 118 Å². The summed E-state index contributed by atoms with van der Waals surface area (Å²) < 4.78 is 0. The van der Waals surface area contributed by atoms with E-state index in [1.54, 1.807) is 60.7 Å². The monoisotopic (exact) mass is 478 g/mol. The Morgan fingerprint density at radius 2 is 0.861 bits per heavy atom. The van der Waals surface area contributed by atoms with Crippen molar-refractivity contribution in [3.8, 4) is 0 Å². The maximum atomic E-state index is 13.6. The molecule has 4 aromatic rings. The lowest BCUT2D eigenvalue weighted by Gasteiger charge is -2.23. The Kier molecular flexibility index (Phi) is 5.54. The number of carbonyl (C=O) groups excluding carboxylic acids is 2. The van der Waals surface area contributed by atoms with Crippen LogP contribution >= 0.6 is 0 Å². The predicted molar refractivity (Wildman–Crippen MR) is 133 cm³/mol. The molecule has 36 heavy (non-hydrogen) atoms. The number of ketones is 2. The molecule has 0 saturated carbocycles. The first-order valence-electron chi connectivity index (χ1n) is 10.9. The van der Waals surface area contributed by atoms with Crippen LogP contribution in [0.25, 0.3) is 0 Å². The van der Waals surface area contributed by atoms with E-state index in [1.807, 2.05) is 0 Å². The summed E-state index contributed by atoms with van der Waals surface area (Å²) in [6, 6.07) is 22.1. The van der Waals surface area contributed by atoms with Crippen LogP contribution in [0.1, 0.15) is 52.6 Å². The fraction of sp³-hybridized carbons (Fsp3) is 0. The molecule has 5 rings (SSSR count). The second kappa shape index (κ2) is 8.84. The smallest absolute Gasteiger partial charge is 0.337 e. The van der Waals surface area contributed by atoms with E-state index in [4.69, 9.17) is 0 Å². The first kappa shape index (κ1) is 22.5. The molecular formula is C28H18N2O6. The van der Waals surface area contributed by atoms with Gasteiger partial charge in [0.05, 0.1) is 45.0 Å². The van der Waals surface area contributed by atoms with Gasteiger partial charge >= 0.3 is 11.9 Å². The Morgan fingerprint density at radius 3 is 1.25 bits per heavy atom. The van der Waals surface area contributed by atoms with Crippen molar-refractivity contribution in [2.24, 2.45) is 0 Å². The van der Waals surface area contributed by atoms with Crippen molar-refractivity contribution in [1.29, 1.82) is 0 Å². The lowest BCUT2D eigenvalue weighted by Crippen LogP contribution is -2.23. The third-order valence-electron chi connectivity index (χ3n) is 5.93. The van der Waals surface area contributed by atoms with Gasteiger partial charge in [-0.05, 0) is 36.4 Å². The van der Waals surface area contributed by atoms with Crippen LogP contribution in [0.3, 0.4) is 0 Å². The van der Waals surface area contributed by atoms with Gasteiger partial charge in [-0.2, -0.15) is 0 Å². The highest BCUT2D eigenvalue weighted by Gasteiger charge is 2.34.